The van der Waals surface area contributed by atoms with E-state index >= 15 is 0 Å². The molecule has 1 aliphatic rings. The SMILES string of the molecule is CCC/C=C\C/C=C\CCCCCCCC(=O)O[C@H](COC(=O)CCCC(O)/C=C/C=C/C/C=C/CCCCCCCC)COP(=O)(O)O[C@H]1C(O)C(O)C(O)[C@@H](OP(=O)(O)O)C1O. The number of ether oxygens (including phenoxy) is 2. The molecule has 0 amide bonds. The lowest BCUT2D eigenvalue weighted by Gasteiger charge is -2.43. The highest BCUT2D eigenvalue weighted by molar-refractivity contribution is 7.47. The van der Waals surface area contributed by atoms with E-state index in [1.54, 1.807) is 12.2 Å². The Labute approximate surface area is 380 Å². The van der Waals surface area contributed by atoms with E-state index in [2.05, 4.69) is 54.8 Å². The van der Waals surface area contributed by atoms with Gasteiger partial charge < -0.3 is 49.7 Å². The maximum absolute atomic E-state index is 13.0. The number of carbonyl (C=O) groups excluding carboxylic acids is 2. The zero-order valence-electron chi connectivity index (χ0n) is 37.8. The van der Waals surface area contributed by atoms with E-state index in [0.717, 1.165) is 64.2 Å². The van der Waals surface area contributed by atoms with E-state index in [-0.39, 0.29) is 25.7 Å². The number of phosphoric acid groups is 2. The number of esters is 2. The summed E-state index contributed by atoms with van der Waals surface area (Å²) in [6.45, 7) is 2.84. The quantitative estimate of drug-likeness (QED) is 0.0100. The normalized spacial score (nSPS) is 22.8. The van der Waals surface area contributed by atoms with Crippen LogP contribution in [0.2, 0.25) is 0 Å². The lowest BCUT2D eigenvalue weighted by molar-refractivity contribution is -0.216. The molecule has 64 heavy (non-hydrogen) atoms. The van der Waals surface area contributed by atoms with Gasteiger partial charge in [0.15, 0.2) is 6.10 Å². The maximum atomic E-state index is 13.0. The van der Waals surface area contributed by atoms with Crippen LogP contribution in [0.5, 0.6) is 0 Å². The highest BCUT2D eigenvalue weighted by atomic mass is 31.2. The summed E-state index contributed by atoms with van der Waals surface area (Å²) in [7, 11) is -10.7. The number of hydrogen-bond donors (Lipinski definition) is 8. The Hall–Kier alpha value is -2.34. The van der Waals surface area contributed by atoms with Crippen LogP contribution in [0.25, 0.3) is 0 Å². The number of aliphatic hydroxyl groups is 5. The van der Waals surface area contributed by atoms with Crippen LogP contribution in [-0.4, -0.2) is 114 Å². The molecule has 0 saturated heterocycles. The average molecular weight is 953 g/mol. The molecule has 17 nitrogen and oxygen atoms in total. The average Bonchev–Trinajstić information content (AvgIpc) is 3.24. The summed E-state index contributed by atoms with van der Waals surface area (Å²) < 4.78 is 49.1. The number of aliphatic hydroxyl groups excluding tert-OH is 5. The molecule has 0 spiro atoms. The molecule has 19 heteroatoms. The predicted octanol–water partition coefficient (Wildman–Crippen LogP) is 7.25. The van der Waals surface area contributed by atoms with Crippen LogP contribution >= 0.6 is 15.6 Å². The van der Waals surface area contributed by atoms with Crippen molar-refractivity contribution in [2.45, 2.75) is 198 Å². The summed E-state index contributed by atoms with van der Waals surface area (Å²) in [5.74, 6) is -1.42. The van der Waals surface area contributed by atoms with Crippen LogP contribution in [0.3, 0.4) is 0 Å². The molecule has 0 radical (unpaired) electrons. The van der Waals surface area contributed by atoms with E-state index < -0.39 is 89.6 Å². The lowest BCUT2D eigenvalue weighted by Crippen LogP contribution is -2.64. The van der Waals surface area contributed by atoms with Gasteiger partial charge in [-0.15, -0.1) is 0 Å². The summed E-state index contributed by atoms with van der Waals surface area (Å²) in [5.41, 5.74) is 0. The van der Waals surface area contributed by atoms with Crippen LogP contribution < -0.4 is 0 Å². The third-order valence-corrected chi connectivity index (χ3v) is 11.7. The Kier molecular flexibility index (Phi) is 33.4. The fourth-order valence-corrected chi connectivity index (χ4v) is 8.08. The Morgan fingerprint density at radius 1 is 0.578 bits per heavy atom. The molecule has 9 atom stereocenters. The Bertz CT molecular complexity index is 1490. The van der Waals surface area contributed by atoms with Crippen molar-refractivity contribution in [2.24, 2.45) is 0 Å². The van der Waals surface area contributed by atoms with Crippen molar-refractivity contribution in [3.63, 3.8) is 0 Å². The van der Waals surface area contributed by atoms with Gasteiger partial charge in [0, 0.05) is 12.8 Å². The third kappa shape index (κ3) is 30.0. The number of unbranched alkanes of at least 4 members (excludes halogenated alkanes) is 12. The minimum atomic E-state index is -5.38. The molecule has 0 heterocycles. The zero-order chi connectivity index (χ0) is 47.6. The zero-order valence-corrected chi connectivity index (χ0v) is 39.6. The molecule has 8 N–H and O–H groups in total. The molecule has 1 aliphatic carbocycles. The largest absolute Gasteiger partial charge is 0.472 e. The number of hydrogen-bond acceptors (Lipinski definition) is 14. The number of carbonyl (C=O) groups is 2. The molecule has 1 saturated carbocycles. The van der Waals surface area contributed by atoms with Gasteiger partial charge in [0.1, 0.15) is 43.2 Å². The molecular formula is C45H78O17P2. The van der Waals surface area contributed by atoms with Crippen LogP contribution in [0, 0.1) is 0 Å². The van der Waals surface area contributed by atoms with Gasteiger partial charge in [-0.05, 0) is 64.2 Å². The third-order valence-electron chi connectivity index (χ3n) is 10.1. The van der Waals surface area contributed by atoms with Gasteiger partial charge in [-0.25, -0.2) is 9.13 Å². The minimum Gasteiger partial charge on any atom is -0.462 e. The molecule has 1 rings (SSSR count). The lowest BCUT2D eigenvalue weighted by atomic mass is 9.85. The van der Waals surface area contributed by atoms with Crippen molar-refractivity contribution in [1.29, 1.82) is 0 Å². The van der Waals surface area contributed by atoms with Gasteiger partial charge >= 0.3 is 27.6 Å². The van der Waals surface area contributed by atoms with Gasteiger partial charge in [0.2, 0.25) is 0 Å². The molecule has 1 fully saturated rings. The van der Waals surface area contributed by atoms with Gasteiger partial charge in [-0.3, -0.25) is 23.2 Å². The van der Waals surface area contributed by atoms with Crippen LogP contribution in [0.15, 0.2) is 60.8 Å². The first-order valence-corrected chi connectivity index (χ1v) is 26.0. The topological polar surface area (TPSA) is 276 Å². The van der Waals surface area contributed by atoms with Gasteiger partial charge in [-0.2, -0.15) is 0 Å². The summed E-state index contributed by atoms with van der Waals surface area (Å²) in [5, 5.41) is 51.5. The van der Waals surface area contributed by atoms with E-state index in [9.17, 15) is 49.1 Å². The van der Waals surface area contributed by atoms with E-state index in [0.29, 0.717) is 6.42 Å². The van der Waals surface area contributed by atoms with Crippen molar-refractivity contribution in [2.75, 3.05) is 13.2 Å². The van der Waals surface area contributed by atoms with E-state index in [1.165, 1.54) is 38.5 Å². The Morgan fingerprint density at radius 2 is 1.12 bits per heavy atom. The summed E-state index contributed by atoms with van der Waals surface area (Å²) in [6, 6.07) is 0. The molecule has 0 aromatic heterocycles. The standard InChI is InChI=1S/C45H78O17P2/c1-3-5-7-9-11-13-15-17-19-21-23-25-27-30-36(46)31-29-33-38(47)58-34-37(60-39(48)32-28-26-24-22-20-18-16-14-12-10-8-6-4-2)35-59-64(56,57)62-45-42(51)40(49)41(50)44(43(45)52)61-63(53,54)55/h8,10,14,16-17,19,23,25,27,30,36-37,40-46,49-52H,3-7,9,11-13,15,18,20-22,24,26,28-29,31-35H2,1-2H3,(H,56,57)(H2,53,54,55)/b10-8-,16-14-,19-17+,25-23+,30-27+/t36?,37-,40?,41?,42?,43?,44-,45+/m1/s1. The van der Waals surface area contributed by atoms with Gasteiger partial charge in [-0.1, -0.05) is 132 Å². The first kappa shape index (κ1) is 59.7. The fraction of sp³-hybridized carbons (Fsp3) is 0.733. The highest BCUT2D eigenvalue weighted by Gasteiger charge is 2.54. The van der Waals surface area contributed by atoms with Gasteiger partial charge in [0.25, 0.3) is 0 Å². The summed E-state index contributed by atoms with van der Waals surface area (Å²) in [4.78, 5) is 54.2. The predicted molar refractivity (Wildman–Crippen MR) is 242 cm³/mol. The van der Waals surface area contributed by atoms with Crippen molar-refractivity contribution in [1.82, 2.24) is 0 Å². The number of rotatable bonds is 37. The second-order valence-electron chi connectivity index (χ2n) is 16.0. The monoisotopic (exact) mass is 952 g/mol. The highest BCUT2D eigenvalue weighted by Crippen LogP contribution is 2.49. The van der Waals surface area contributed by atoms with Crippen LogP contribution in [-0.2, 0) is 41.8 Å². The first-order chi connectivity index (χ1) is 30.5. The second kappa shape index (κ2) is 35.8. The molecule has 0 bridgehead atoms. The van der Waals surface area contributed by atoms with Crippen molar-refractivity contribution in [3.8, 4) is 0 Å². The van der Waals surface area contributed by atoms with E-state index in [4.69, 9.17) is 28.3 Å². The van der Waals surface area contributed by atoms with Crippen LogP contribution in [0.4, 0.5) is 0 Å². The first-order valence-electron chi connectivity index (χ1n) is 22.9. The van der Waals surface area contributed by atoms with Gasteiger partial charge in [0.05, 0.1) is 12.7 Å². The van der Waals surface area contributed by atoms with Crippen molar-refractivity contribution in [3.05, 3.63) is 60.8 Å². The smallest absolute Gasteiger partial charge is 0.462 e. The number of phosphoric ester groups is 2. The molecule has 6 unspecified atom stereocenters. The second-order valence-corrected chi connectivity index (χ2v) is 18.6. The van der Waals surface area contributed by atoms with Crippen molar-refractivity contribution >= 4 is 27.6 Å². The van der Waals surface area contributed by atoms with Crippen LogP contribution in [0.1, 0.15) is 149 Å². The number of allylic oxidation sites excluding steroid dienone is 9. The fourth-order valence-electron chi connectivity index (χ4n) is 6.54. The Morgan fingerprint density at radius 3 is 1.73 bits per heavy atom. The minimum absolute atomic E-state index is 0.0140. The van der Waals surface area contributed by atoms with Crippen molar-refractivity contribution < 1.29 is 82.0 Å². The summed E-state index contributed by atoms with van der Waals surface area (Å²) in [6.07, 6.45) is 22.1. The molecule has 0 aromatic carbocycles. The Balaban J connectivity index is 2.70. The molecular weight excluding hydrogens is 874 g/mol. The molecule has 0 aromatic rings. The summed E-state index contributed by atoms with van der Waals surface area (Å²) >= 11 is 0. The molecule has 0 aliphatic heterocycles. The van der Waals surface area contributed by atoms with E-state index in [1.807, 2.05) is 12.2 Å². The maximum Gasteiger partial charge on any atom is 0.472 e. The molecule has 370 valence electrons.